The van der Waals surface area contributed by atoms with E-state index in [1.807, 2.05) is 0 Å². The van der Waals surface area contributed by atoms with Gasteiger partial charge in [0, 0.05) is 4.75 Å². The second-order valence-corrected chi connectivity index (χ2v) is 5.64. The first-order valence-electron chi connectivity index (χ1n) is 4.53. The first-order chi connectivity index (χ1) is 5.11. The van der Waals surface area contributed by atoms with Gasteiger partial charge in [0.05, 0.1) is 0 Å². The summed E-state index contributed by atoms with van der Waals surface area (Å²) in [7, 11) is 0. The van der Waals surface area contributed by atoms with Gasteiger partial charge in [-0.25, -0.2) is 4.39 Å². The largest absolute Gasteiger partial charge is 0.242 e. The fraction of sp³-hybridized carbons (Fsp3) is 1.00. The van der Waals surface area contributed by atoms with Crippen LogP contribution < -0.4 is 0 Å². The molecular formula is C9H13FS. The Kier molecular flexibility index (Phi) is 1.00. The summed E-state index contributed by atoms with van der Waals surface area (Å²) in [5, 5.41) is 0. The molecule has 0 amide bonds. The molecule has 0 radical (unpaired) electrons. The SMILES string of the molecule is FC12CC3CC(C1)CC2(S)C3. The molecule has 0 spiro atoms. The molecule has 4 aliphatic rings. The van der Waals surface area contributed by atoms with Crippen LogP contribution in [0.1, 0.15) is 32.1 Å². The molecule has 0 aromatic carbocycles. The Bertz CT molecular complexity index is 180. The van der Waals surface area contributed by atoms with Crippen LogP contribution in [0, 0.1) is 11.8 Å². The van der Waals surface area contributed by atoms with Crippen molar-refractivity contribution in [3.8, 4) is 0 Å². The summed E-state index contributed by atoms with van der Waals surface area (Å²) in [6.45, 7) is 0. The quantitative estimate of drug-likeness (QED) is 0.533. The van der Waals surface area contributed by atoms with Crippen molar-refractivity contribution in [3.05, 3.63) is 0 Å². The van der Waals surface area contributed by atoms with Crippen molar-refractivity contribution in [2.45, 2.75) is 42.5 Å². The van der Waals surface area contributed by atoms with Gasteiger partial charge in [0.15, 0.2) is 0 Å². The minimum atomic E-state index is -0.871. The van der Waals surface area contributed by atoms with Gasteiger partial charge in [0.1, 0.15) is 5.67 Å². The lowest BCUT2D eigenvalue weighted by Crippen LogP contribution is -2.35. The van der Waals surface area contributed by atoms with Crippen LogP contribution in [-0.2, 0) is 0 Å². The Morgan fingerprint density at radius 1 is 1.09 bits per heavy atom. The third-order valence-electron chi connectivity index (χ3n) is 3.98. The summed E-state index contributed by atoms with van der Waals surface area (Å²) in [5.74, 6) is 1.34. The fourth-order valence-electron chi connectivity index (χ4n) is 3.73. The zero-order chi connectivity index (χ0) is 7.69. The lowest BCUT2D eigenvalue weighted by atomic mass is 9.82. The van der Waals surface area contributed by atoms with Gasteiger partial charge >= 0.3 is 0 Å². The molecule has 0 aromatic rings. The van der Waals surface area contributed by atoms with Gasteiger partial charge in [-0.1, -0.05) is 0 Å². The maximum Gasteiger partial charge on any atom is 0.125 e. The summed E-state index contributed by atoms with van der Waals surface area (Å²) in [6.07, 6.45) is 5.00. The Morgan fingerprint density at radius 3 is 2.00 bits per heavy atom. The van der Waals surface area contributed by atoms with Crippen LogP contribution in [0.15, 0.2) is 0 Å². The highest BCUT2D eigenvalue weighted by Gasteiger charge is 2.66. The number of alkyl halides is 1. The predicted octanol–water partition coefficient (Wildman–Crippen LogP) is 2.59. The molecule has 0 aromatic heterocycles. The Labute approximate surface area is 72.0 Å². The second-order valence-electron chi connectivity index (χ2n) is 4.78. The Hall–Kier alpha value is 0.280. The molecule has 4 fully saturated rings. The van der Waals surface area contributed by atoms with Crippen LogP contribution in [0.4, 0.5) is 4.39 Å². The van der Waals surface area contributed by atoms with Gasteiger partial charge in [-0.15, -0.1) is 0 Å². The van der Waals surface area contributed by atoms with Crippen molar-refractivity contribution in [2.75, 3.05) is 0 Å². The molecule has 0 saturated heterocycles. The smallest absolute Gasteiger partial charge is 0.125 e. The highest BCUT2D eigenvalue weighted by atomic mass is 32.1. The van der Waals surface area contributed by atoms with E-state index in [2.05, 4.69) is 12.6 Å². The van der Waals surface area contributed by atoms with E-state index in [1.165, 1.54) is 6.42 Å². The molecule has 11 heavy (non-hydrogen) atoms. The third kappa shape index (κ3) is 0.636. The summed E-state index contributed by atoms with van der Waals surface area (Å²) in [5.41, 5.74) is -0.871. The Balaban J connectivity index is 2.10. The average molecular weight is 172 g/mol. The highest BCUT2D eigenvalue weighted by molar-refractivity contribution is 7.82. The van der Waals surface area contributed by atoms with Crippen molar-refractivity contribution in [1.82, 2.24) is 0 Å². The number of rotatable bonds is 0. The number of hydrogen-bond acceptors (Lipinski definition) is 1. The number of halogens is 1. The predicted molar refractivity (Wildman–Crippen MR) is 45.6 cm³/mol. The van der Waals surface area contributed by atoms with Gasteiger partial charge in [-0.2, -0.15) is 12.6 Å². The normalized spacial score (nSPS) is 66.0. The maximum atomic E-state index is 14.1. The van der Waals surface area contributed by atoms with Crippen molar-refractivity contribution in [3.63, 3.8) is 0 Å². The zero-order valence-electron chi connectivity index (χ0n) is 6.52. The molecule has 62 valence electrons. The van der Waals surface area contributed by atoms with E-state index in [0.717, 1.165) is 25.7 Å². The number of thiol groups is 1. The van der Waals surface area contributed by atoms with Crippen molar-refractivity contribution >= 4 is 12.6 Å². The highest BCUT2D eigenvalue weighted by Crippen LogP contribution is 2.66. The number of hydrogen-bond donors (Lipinski definition) is 1. The fourth-order valence-corrected chi connectivity index (χ4v) is 4.43. The van der Waals surface area contributed by atoms with E-state index < -0.39 is 5.67 Å². The van der Waals surface area contributed by atoms with Crippen LogP contribution in [0.3, 0.4) is 0 Å². The minimum absolute atomic E-state index is 0.208. The van der Waals surface area contributed by atoms with E-state index in [0.29, 0.717) is 11.8 Å². The van der Waals surface area contributed by atoms with E-state index >= 15 is 0 Å². The molecule has 0 aliphatic heterocycles. The van der Waals surface area contributed by atoms with Gasteiger partial charge in [0.25, 0.3) is 0 Å². The molecule has 4 rings (SSSR count). The summed E-state index contributed by atoms with van der Waals surface area (Å²) < 4.78 is 13.9. The summed E-state index contributed by atoms with van der Waals surface area (Å²) >= 11 is 4.54. The monoisotopic (exact) mass is 172 g/mol. The summed E-state index contributed by atoms with van der Waals surface area (Å²) in [4.78, 5) is 0. The molecule has 4 aliphatic carbocycles. The first-order valence-corrected chi connectivity index (χ1v) is 4.97. The molecule has 4 saturated carbocycles. The first kappa shape index (κ1) is 6.76. The second kappa shape index (κ2) is 1.63. The molecule has 4 bridgehead atoms. The molecule has 2 unspecified atom stereocenters. The maximum absolute atomic E-state index is 14.1. The molecule has 0 N–H and O–H groups in total. The van der Waals surface area contributed by atoms with Crippen LogP contribution in [-0.4, -0.2) is 10.4 Å². The minimum Gasteiger partial charge on any atom is -0.242 e. The van der Waals surface area contributed by atoms with Crippen LogP contribution in [0.25, 0.3) is 0 Å². The van der Waals surface area contributed by atoms with Crippen molar-refractivity contribution in [2.24, 2.45) is 11.8 Å². The average Bonchev–Trinajstić information content (AvgIpc) is 2.07. The van der Waals surface area contributed by atoms with Gasteiger partial charge in [-0.3, -0.25) is 0 Å². The Morgan fingerprint density at radius 2 is 1.64 bits per heavy atom. The molecule has 0 heterocycles. The van der Waals surface area contributed by atoms with Crippen LogP contribution >= 0.6 is 12.6 Å². The van der Waals surface area contributed by atoms with Gasteiger partial charge < -0.3 is 0 Å². The van der Waals surface area contributed by atoms with Gasteiger partial charge in [0.2, 0.25) is 0 Å². The van der Waals surface area contributed by atoms with Crippen LogP contribution in [0.2, 0.25) is 0 Å². The third-order valence-corrected chi connectivity index (χ3v) is 4.74. The van der Waals surface area contributed by atoms with E-state index in [1.54, 1.807) is 0 Å². The van der Waals surface area contributed by atoms with Gasteiger partial charge in [-0.05, 0) is 43.9 Å². The van der Waals surface area contributed by atoms with Crippen LogP contribution in [0.5, 0.6) is 0 Å². The van der Waals surface area contributed by atoms with Crippen molar-refractivity contribution < 1.29 is 4.39 Å². The topological polar surface area (TPSA) is 0 Å². The standard InChI is InChI=1S/C9H13FS/c10-8-2-6-1-7(3-8)5-9(8,11)4-6/h6-7,11H,1-5H2. The van der Waals surface area contributed by atoms with E-state index in [-0.39, 0.29) is 4.75 Å². The lowest BCUT2D eigenvalue weighted by Gasteiger charge is -2.28. The zero-order valence-corrected chi connectivity index (χ0v) is 7.41. The lowest BCUT2D eigenvalue weighted by molar-refractivity contribution is 0.128. The van der Waals surface area contributed by atoms with E-state index in [9.17, 15) is 4.39 Å². The molecule has 2 atom stereocenters. The molecule has 2 heteroatoms. The molecular weight excluding hydrogens is 159 g/mol. The summed E-state index contributed by atoms with van der Waals surface area (Å²) in [6, 6.07) is 0. The van der Waals surface area contributed by atoms with E-state index in [4.69, 9.17) is 0 Å². The molecule has 0 nitrogen and oxygen atoms in total. The van der Waals surface area contributed by atoms with Crippen molar-refractivity contribution in [1.29, 1.82) is 0 Å².